The molecule has 346 valence electrons. The highest BCUT2D eigenvalue weighted by Crippen LogP contribution is 2.26. The van der Waals surface area contributed by atoms with Crippen LogP contribution in [0.15, 0.2) is 30.3 Å². The number of amides is 7. The number of aliphatic hydroxyl groups is 1. The standard InChI is InChI=1S/C45H71N7O10/c1-12-16-34(53)48-36(26(6)7)41(57)50-38-28(10)62-45(61)37(27(8)9)49-40(56)32(23-29-17-14-13-15-18-29)51(11)44(60)33(22-25(4)5)52-35(54)20-19-30(43(52)59)46-39(55)31(21-24(2)3)47-42(38)58/h13-15,17-18,24-28,30-33,35-38,54H,12,16,19-23H2,1-11H3,(H,46,55)(H,47,58)(H,48,53)(H,49,56)(H,50,57)/t28-,30+,31+,32+,33+,35-,36+,37?,38+/m1/s1. The minimum Gasteiger partial charge on any atom is -0.458 e. The lowest BCUT2D eigenvalue weighted by Crippen LogP contribution is -2.65. The largest absolute Gasteiger partial charge is 0.458 e. The molecule has 0 aliphatic carbocycles. The van der Waals surface area contributed by atoms with E-state index in [1.807, 2.05) is 34.6 Å². The smallest absolute Gasteiger partial charge is 0.329 e. The quantitative estimate of drug-likeness (QED) is 0.158. The first-order valence-electron chi connectivity index (χ1n) is 22.1. The zero-order valence-corrected chi connectivity index (χ0v) is 38.4. The van der Waals surface area contributed by atoms with E-state index in [4.69, 9.17) is 4.74 Å². The molecule has 0 saturated carbocycles. The summed E-state index contributed by atoms with van der Waals surface area (Å²) in [5.41, 5.74) is 0.700. The zero-order valence-electron chi connectivity index (χ0n) is 38.4. The Hall–Kier alpha value is -5.06. The maximum atomic E-state index is 14.7. The normalized spacial score (nSPS) is 26.6. The Morgan fingerprint density at radius 3 is 2.02 bits per heavy atom. The van der Waals surface area contributed by atoms with Crippen molar-refractivity contribution in [2.75, 3.05) is 7.05 Å². The van der Waals surface area contributed by atoms with Crippen molar-refractivity contribution < 1.29 is 48.2 Å². The lowest BCUT2D eigenvalue weighted by Gasteiger charge is -2.43. The van der Waals surface area contributed by atoms with E-state index in [1.165, 1.54) is 18.9 Å². The second-order valence-electron chi connectivity index (χ2n) is 18.3. The number of ether oxygens (including phenoxy) is 1. The molecule has 1 aromatic rings. The summed E-state index contributed by atoms with van der Waals surface area (Å²) in [4.78, 5) is 115. The molecule has 2 heterocycles. The third-order valence-electron chi connectivity index (χ3n) is 11.3. The Morgan fingerprint density at radius 2 is 1.45 bits per heavy atom. The molecule has 6 N–H and O–H groups in total. The van der Waals surface area contributed by atoms with Crippen LogP contribution in [0.4, 0.5) is 0 Å². The summed E-state index contributed by atoms with van der Waals surface area (Å²) in [5, 5.41) is 25.0. The van der Waals surface area contributed by atoms with Gasteiger partial charge in [-0.25, -0.2) is 4.79 Å². The van der Waals surface area contributed by atoms with Crippen molar-refractivity contribution in [1.82, 2.24) is 36.4 Å². The van der Waals surface area contributed by atoms with Crippen LogP contribution in [-0.2, 0) is 49.5 Å². The van der Waals surface area contributed by atoms with Crippen LogP contribution >= 0.6 is 0 Å². The minimum atomic E-state index is -1.60. The van der Waals surface area contributed by atoms with Crippen molar-refractivity contribution in [1.29, 1.82) is 0 Å². The molecule has 17 nitrogen and oxygen atoms in total. The van der Waals surface area contributed by atoms with E-state index < -0.39 is 108 Å². The number of esters is 1. The van der Waals surface area contributed by atoms with Gasteiger partial charge in [-0.2, -0.15) is 0 Å². The van der Waals surface area contributed by atoms with Crippen LogP contribution in [0.1, 0.15) is 113 Å². The van der Waals surface area contributed by atoms with Gasteiger partial charge in [0.15, 0.2) is 0 Å². The van der Waals surface area contributed by atoms with E-state index in [1.54, 1.807) is 58.0 Å². The number of rotatable bonds is 13. The number of nitrogens with zero attached hydrogens (tertiary/aromatic N) is 2. The molecule has 0 spiro atoms. The second kappa shape index (κ2) is 23.4. The maximum absolute atomic E-state index is 14.7. The van der Waals surface area contributed by atoms with Crippen LogP contribution < -0.4 is 26.6 Å². The SMILES string of the molecule is CCCC(=O)N[C@H](C(=O)N[C@@H]1C(=O)N[C@@H](CC(C)C)C(=O)N[C@H]2CC[C@@H](O)N(C2=O)[C@@H](CC(C)C)C(=O)N(C)[C@@H](Cc2ccccc2)C(=O)NC(C(C)C)C(=O)O[C@@H]1C)C(C)C. The monoisotopic (exact) mass is 870 g/mol. The summed E-state index contributed by atoms with van der Waals surface area (Å²) >= 11 is 0. The molecule has 9 atom stereocenters. The fraction of sp³-hybridized carbons (Fsp3) is 0.689. The first-order valence-corrected chi connectivity index (χ1v) is 22.1. The fourth-order valence-electron chi connectivity index (χ4n) is 7.77. The summed E-state index contributed by atoms with van der Waals surface area (Å²) in [6.45, 7) is 17.4. The van der Waals surface area contributed by atoms with Gasteiger partial charge in [0.05, 0.1) is 0 Å². The average molecular weight is 870 g/mol. The number of hydrogen-bond acceptors (Lipinski definition) is 10. The molecule has 62 heavy (non-hydrogen) atoms. The van der Waals surface area contributed by atoms with Gasteiger partial charge in [-0.1, -0.05) is 92.6 Å². The average Bonchev–Trinajstić information content (AvgIpc) is 3.19. The third-order valence-corrected chi connectivity index (χ3v) is 11.3. The fourth-order valence-corrected chi connectivity index (χ4v) is 7.77. The minimum absolute atomic E-state index is 0.0182. The highest BCUT2D eigenvalue weighted by Gasteiger charge is 2.46. The topological polar surface area (TPSA) is 233 Å². The maximum Gasteiger partial charge on any atom is 0.329 e. The number of hydrogen-bond donors (Lipinski definition) is 6. The predicted octanol–water partition coefficient (Wildman–Crippen LogP) is 1.94. The molecule has 0 radical (unpaired) electrons. The molecule has 3 rings (SSSR count). The van der Waals surface area contributed by atoms with E-state index in [2.05, 4.69) is 26.6 Å². The van der Waals surface area contributed by atoms with E-state index in [0.29, 0.717) is 12.0 Å². The van der Waals surface area contributed by atoms with E-state index in [9.17, 15) is 43.5 Å². The number of carbonyl (C=O) groups is 8. The van der Waals surface area contributed by atoms with Crippen LogP contribution in [0.25, 0.3) is 0 Å². The van der Waals surface area contributed by atoms with Gasteiger partial charge in [0.1, 0.15) is 54.6 Å². The second-order valence-corrected chi connectivity index (χ2v) is 18.3. The van der Waals surface area contributed by atoms with Crippen LogP contribution in [0.2, 0.25) is 0 Å². The molecule has 2 aliphatic heterocycles. The van der Waals surface area contributed by atoms with Crippen molar-refractivity contribution in [3.05, 3.63) is 35.9 Å². The van der Waals surface area contributed by atoms with Gasteiger partial charge < -0.3 is 46.2 Å². The third kappa shape index (κ3) is 14.0. The van der Waals surface area contributed by atoms with Gasteiger partial charge in [-0.05, 0) is 68.3 Å². The van der Waals surface area contributed by atoms with Crippen molar-refractivity contribution in [2.45, 2.75) is 169 Å². The number of aliphatic hydroxyl groups excluding tert-OH is 1. The number of piperidine rings is 1. The van der Waals surface area contributed by atoms with Gasteiger partial charge in [-0.15, -0.1) is 0 Å². The molecule has 0 aromatic heterocycles. The molecule has 2 bridgehead atoms. The van der Waals surface area contributed by atoms with Gasteiger partial charge in [0.25, 0.3) is 0 Å². The highest BCUT2D eigenvalue weighted by atomic mass is 16.5. The summed E-state index contributed by atoms with van der Waals surface area (Å²) < 4.78 is 5.89. The molecular weight excluding hydrogens is 799 g/mol. The van der Waals surface area contributed by atoms with Gasteiger partial charge in [0, 0.05) is 19.9 Å². The molecule has 17 heteroatoms. The van der Waals surface area contributed by atoms with E-state index in [-0.39, 0.29) is 56.3 Å². The number of fused-ring (bicyclic) bond motifs is 2. The summed E-state index contributed by atoms with van der Waals surface area (Å²) in [6, 6.07) is 0.0947. The number of nitrogens with one attached hydrogen (secondary N) is 5. The molecule has 2 fully saturated rings. The highest BCUT2D eigenvalue weighted by molar-refractivity contribution is 5.98. The first kappa shape index (κ1) is 51.3. The van der Waals surface area contributed by atoms with Crippen LogP contribution in [0.3, 0.4) is 0 Å². The summed E-state index contributed by atoms with van der Waals surface area (Å²) in [7, 11) is 1.44. The van der Waals surface area contributed by atoms with E-state index in [0.717, 1.165) is 4.90 Å². The summed E-state index contributed by atoms with van der Waals surface area (Å²) in [5.74, 6) is -6.97. The molecule has 7 amide bonds. The number of carbonyl (C=O) groups excluding carboxylic acids is 8. The molecule has 2 saturated heterocycles. The van der Waals surface area contributed by atoms with Crippen LogP contribution in [0.5, 0.6) is 0 Å². The molecule has 1 unspecified atom stereocenters. The van der Waals surface area contributed by atoms with Crippen LogP contribution in [-0.4, -0.2) is 124 Å². The summed E-state index contributed by atoms with van der Waals surface area (Å²) in [6.07, 6.45) is -1.78. The lowest BCUT2D eigenvalue weighted by atomic mass is 9.94. The van der Waals surface area contributed by atoms with Gasteiger partial charge >= 0.3 is 5.97 Å². The van der Waals surface area contributed by atoms with Crippen molar-refractivity contribution in [3.8, 4) is 0 Å². The van der Waals surface area contributed by atoms with Gasteiger partial charge in [-0.3, -0.25) is 33.6 Å². The van der Waals surface area contributed by atoms with Gasteiger partial charge in [0.2, 0.25) is 41.4 Å². The Balaban J connectivity index is 2.22. The molecule has 1 aromatic carbocycles. The van der Waals surface area contributed by atoms with E-state index >= 15 is 0 Å². The molecular formula is C45H71N7O10. The Bertz CT molecular complexity index is 1740. The predicted molar refractivity (Wildman–Crippen MR) is 231 cm³/mol. The number of cyclic esters (lactones) is 1. The van der Waals surface area contributed by atoms with Crippen molar-refractivity contribution >= 4 is 47.3 Å². The van der Waals surface area contributed by atoms with Crippen molar-refractivity contribution in [2.24, 2.45) is 23.7 Å². The Morgan fingerprint density at radius 1 is 0.823 bits per heavy atom. The zero-order chi connectivity index (χ0) is 46.6. The number of benzene rings is 1. The van der Waals surface area contributed by atoms with Crippen LogP contribution in [0, 0.1) is 23.7 Å². The van der Waals surface area contributed by atoms with Crippen molar-refractivity contribution in [3.63, 3.8) is 0 Å². The molecule has 2 aliphatic rings. The Labute approximate surface area is 366 Å². The first-order chi connectivity index (χ1) is 29.1. The Kier molecular flexibility index (Phi) is 19.4. The number of likely N-dealkylation sites (N-methyl/N-ethyl adjacent to an activating group) is 1. The lowest BCUT2D eigenvalue weighted by molar-refractivity contribution is -0.166.